The molecule has 1 amide bonds. The first kappa shape index (κ1) is 12.8. The van der Waals surface area contributed by atoms with Crippen LogP contribution in [0.4, 0.5) is 0 Å². The summed E-state index contributed by atoms with van der Waals surface area (Å²) in [6.45, 7) is 4.94. The molecule has 98 valence electrons. The first-order valence-electron chi connectivity index (χ1n) is 6.82. The van der Waals surface area contributed by atoms with Crippen LogP contribution in [-0.2, 0) is 9.53 Å². The Morgan fingerprint density at radius 3 is 2.53 bits per heavy atom. The number of nitrogens with zero attached hydrogens (tertiary/aromatic N) is 1. The Labute approximate surface area is 103 Å². The van der Waals surface area contributed by atoms with Crippen molar-refractivity contribution in [3.8, 4) is 0 Å². The van der Waals surface area contributed by atoms with Gasteiger partial charge in [0.15, 0.2) is 0 Å². The Balaban J connectivity index is 1.94. The molecule has 2 rings (SSSR count). The van der Waals surface area contributed by atoms with Gasteiger partial charge >= 0.3 is 0 Å². The molecule has 0 bridgehead atoms. The number of carbonyl (C=O) groups is 1. The molecule has 0 spiro atoms. The highest BCUT2D eigenvalue weighted by Crippen LogP contribution is 2.28. The number of likely N-dealkylation sites (N-methyl/N-ethyl adjacent to an activating group) is 1. The maximum atomic E-state index is 12.5. The molecule has 1 heterocycles. The minimum Gasteiger partial charge on any atom is -0.381 e. The van der Waals surface area contributed by atoms with Crippen LogP contribution >= 0.6 is 0 Å². The van der Waals surface area contributed by atoms with Crippen LogP contribution in [0.3, 0.4) is 0 Å². The van der Waals surface area contributed by atoms with E-state index in [-0.39, 0.29) is 5.91 Å². The second-order valence-corrected chi connectivity index (χ2v) is 5.41. The van der Waals surface area contributed by atoms with Gasteiger partial charge in [-0.15, -0.1) is 0 Å². The first-order chi connectivity index (χ1) is 8.15. The van der Waals surface area contributed by atoms with Crippen LogP contribution in [0.25, 0.3) is 0 Å². The van der Waals surface area contributed by atoms with Gasteiger partial charge in [0, 0.05) is 26.3 Å². The highest BCUT2D eigenvalue weighted by atomic mass is 16.5. The van der Waals surface area contributed by atoms with E-state index < -0.39 is 5.54 Å². The van der Waals surface area contributed by atoms with Crippen LogP contribution < -0.4 is 5.73 Å². The zero-order chi connectivity index (χ0) is 12.3. The maximum Gasteiger partial charge on any atom is 0.242 e. The van der Waals surface area contributed by atoms with Crippen molar-refractivity contribution in [2.45, 2.75) is 44.6 Å². The molecular weight excluding hydrogens is 216 g/mol. The van der Waals surface area contributed by atoms with Crippen molar-refractivity contribution >= 4 is 5.91 Å². The van der Waals surface area contributed by atoms with Crippen molar-refractivity contribution in [3.05, 3.63) is 0 Å². The fourth-order valence-corrected chi connectivity index (χ4v) is 2.61. The van der Waals surface area contributed by atoms with E-state index in [1.54, 1.807) is 0 Å². The van der Waals surface area contributed by atoms with Gasteiger partial charge in [0.25, 0.3) is 0 Å². The largest absolute Gasteiger partial charge is 0.381 e. The number of carbonyl (C=O) groups excluding carboxylic acids is 1. The third kappa shape index (κ3) is 2.80. The number of ether oxygens (including phenoxy) is 1. The Morgan fingerprint density at radius 2 is 2.06 bits per heavy atom. The van der Waals surface area contributed by atoms with Gasteiger partial charge in [0.2, 0.25) is 5.91 Å². The number of rotatable bonds is 4. The van der Waals surface area contributed by atoms with Crippen molar-refractivity contribution < 1.29 is 9.53 Å². The molecule has 0 unspecified atom stereocenters. The predicted octanol–water partition coefficient (Wildman–Crippen LogP) is 1.14. The molecule has 17 heavy (non-hydrogen) atoms. The third-order valence-electron chi connectivity index (χ3n) is 4.18. The van der Waals surface area contributed by atoms with Gasteiger partial charge in [-0.3, -0.25) is 4.79 Å². The van der Waals surface area contributed by atoms with Crippen molar-refractivity contribution in [1.82, 2.24) is 4.90 Å². The van der Waals surface area contributed by atoms with E-state index in [9.17, 15) is 4.79 Å². The SMILES string of the molecule is CCN(CC1CCC1)C(=O)C1(N)CCOCC1. The summed E-state index contributed by atoms with van der Waals surface area (Å²) in [6, 6.07) is 0. The molecular formula is C13H24N2O2. The molecule has 2 fully saturated rings. The van der Waals surface area contributed by atoms with E-state index in [4.69, 9.17) is 10.5 Å². The van der Waals surface area contributed by atoms with Crippen LogP contribution in [0.15, 0.2) is 0 Å². The lowest BCUT2D eigenvalue weighted by atomic mass is 9.84. The summed E-state index contributed by atoms with van der Waals surface area (Å²) >= 11 is 0. The molecule has 4 nitrogen and oxygen atoms in total. The lowest BCUT2D eigenvalue weighted by Gasteiger charge is -2.39. The second kappa shape index (κ2) is 5.36. The van der Waals surface area contributed by atoms with E-state index in [2.05, 4.69) is 0 Å². The van der Waals surface area contributed by atoms with Crippen LogP contribution in [0.2, 0.25) is 0 Å². The molecule has 0 atom stereocenters. The Morgan fingerprint density at radius 1 is 1.41 bits per heavy atom. The van der Waals surface area contributed by atoms with Crippen molar-refractivity contribution in [2.75, 3.05) is 26.3 Å². The van der Waals surface area contributed by atoms with Crippen LogP contribution in [0, 0.1) is 5.92 Å². The minimum atomic E-state index is -0.669. The van der Waals surface area contributed by atoms with Crippen LogP contribution in [0.1, 0.15) is 39.0 Å². The predicted molar refractivity (Wildman–Crippen MR) is 66.6 cm³/mol. The minimum absolute atomic E-state index is 0.134. The van der Waals surface area contributed by atoms with E-state index in [1.807, 2.05) is 11.8 Å². The molecule has 1 saturated heterocycles. The number of amides is 1. The lowest BCUT2D eigenvalue weighted by molar-refractivity contribution is -0.141. The molecule has 0 aromatic carbocycles. The molecule has 4 heteroatoms. The molecule has 1 aliphatic carbocycles. The smallest absolute Gasteiger partial charge is 0.242 e. The van der Waals surface area contributed by atoms with E-state index in [0.717, 1.165) is 13.1 Å². The zero-order valence-corrected chi connectivity index (χ0v) is 10.8. The first-order valence-corrected chi connectivity index (χ1v) is 6.82. The summed E-state index contributed by atoms with van der Waals surface area (Å²) in [7, 11) is 0. The quantitative estimate of drug-likeness (QED) is 0.802. The normalized spacial score (nSPS) is 24.1. The van der Waals surface area contributed by atoms with E-state index in [0.29, 0.717) is 32.0 Å². The summed E-state index contributed by atoms with van der Waals surface area (Å²) in [5.41, 5.74) is 5.57. The van der Waals surface area contributed by atoms with Crippen molar-refractivity contribution in [1.29, 1.82) is 0 Å². The average Bonchev–Trinajstić information content (AvgIpc) is 2.28. The third-order valence-corrected chi connectivity index (χ3v) is 4.18. The average molecular weight is 240 g/mol. The second-order valence-electron chi connectivity index (χ2n) is 5.41. The molecule has 0 aromatic heterocycles. The molecule has 0 radical (unpaired) electrons. The summed E-state index contributed by atoms with van der Waals surface area (Å²) in [6.07, 6.45) is 5.17. The monoisotopic (exact) mass is 240 g/mol. The Kier molecular flexibility index (Phi) is 4.05. The Bertz CT molecular complexity index is 271. The fraction of sp³-hybridized carbons (Fsp3) is 0.923. The van der Waals surface area contributed by atoms with Crippen LogP contribution in [0.5, 0.6) is 0 Å². The van der Waals surface area contributed by atoms with Gasteiger partial charge < -0.3 is 15.4 Å². The maximum absolute atomic E-state index is 12.5. The highest BCUT2D eigenvalue weighted by molar-refractivity contribution is 5.86. The number of nitrogens with two attached hydrogens (primary N) is 1. The summed E-state index contributed by atoms with van der Waals surface area (Å²) < 4.78 is 5.29. The van der Waals surface area contributed by atoms with Gasteiger partial charge in [0.05, 0.1) is 5.54 Å². The summed E-state index contributed by atoms with van der Waals surface area (Å²) in [5, 5.41) is 0. The van der Waals surface area contributed by atoms with Gasteiger partial charge in [-0.25, -0.2) is 0 Å². The Hall–Kier alpha value is -0.610. The summed E-state index contributed by atoms with van der Waals surface area (Å²) in [4.78, 5) is 14.4. The molecule has 1 aliphatic heterocycles. The van der Waals surface area contributed by atoms with Gasteiger partial charge in [0.1, 0.15) is 0 Å². The van der Waals surface area contributed by atoms with Crippen molar-refractivity contribution in [2.24, 2.45) is 11.7 Å². The number of hydrogen-bond donors (Lipinski definition) is 1. The molecule has 2 N–H and O–H groups in total. The molecule has 0 aromatic rings. The van der Waals surface area contributed by atoms with Gasteiger partial charge in [-0.2, -0.15) is 0 Å². The lowest BCUT2D eigenvalue weighted by Crippen LogP contribution is -2.58. The standard InChI is InChI=1S/C13H24N2O2/c1-2-15(10-11-4-3-5-11)12(16)13(14)6-8-17-9-7-13/h11H,2-10,14H2,1H3. The van der Waals surface area contributed by atoms with E-state index >= 15 is 0 Å². The fourth-order valence-electron chi connectivity index (χ4n) is 2.61. The van der Waals surface area contributed by atoms with Gasteiger partial charge in [-0.1, -0.05) is 6.42 Å². The highest BCUT2D eigenvalue weighted by Gasteiger charge is 2.39. The van der Waals surface area contributed by atoms with Crippen molar-refractivity contribution in [3.63, 3.8) is 0 Å². The zero-order valence-electron chi connectivity index (χ0n) is 10.8. The summed E-state index contributed by atoms with van der Waals surface area (Å²) in [5.74, 6) is 0.845. The molecule has 1 saturated carbocycles. The van der Waals surface area contributed by atoms with Crippen LogP contribution in [-0.4, -0.2) is 42.6 Å². The molecule has 2 aliphatic rings. The van der Waals surface area contributed by atoms with Gasteiger partial charge in [-0.05, 0) is 38.5 Å². The van der Waals surface area contributed by atoms with E-state index in [1.165, 1.54) is 19.3 Å². The number of hydrogen-bond acceptors (Lipinski definition) is 3. The topological polar surface area (TPSA) is 55.6 Å².